The van der Waals surface area contributed by atoms with Crippen molar-refractivity contribution in [3.8, 4) is 0 Å². The maximum Gasteiger partial charge on any atom is 0.0896 e. The molecule has 2 rings (SSSR count). The van der Waals surface area contributed by atoms with Crippen molar-refractivity contribution in [2.45, 2.75) is 58.5 Å². The third-order valence-corrected chi connectivity index (χ3v) is 3.27. The molecule has 0 atom stereocenters. The van der Waals surface area contributed by atoms with Crippen LogP contribution >= 0.6 is 0 Å². The van der Waals surface area contributed by atoms with E-state index in [9.17, 15) is 5.11 Å². The van der Waals surface area contributed by atoms with Crippen molar-refractivity contribution in [2.75, 3.05) is 0 Å². The second kappa shape index (κ2) is 6.05. The quantitative estimate of drug-likeness (QED) is 0.753. The van der Waals surface area contributed by atoms with Gasteiger partial charge in [0.15, 0.2) is 0 Å². The Hall–Kier alpha value is -0.820. The van der Waals surface area contributed by atoms with E-state index < -0.39 is 5.60 Å². The van der Waals surface area contributed by atoms with Crippen LogP contribution in [0.25, 0.3) is 0 Å². The van der Waals surface area contributed by atoms with Gasteiger partial charge in [0.05, 0.1) is 5.60 Å². The van der Waals surface area contributed by atoms with Crippen LogP contribution in [-0.2, 0) is 5.60 Å². The van der Waals surface area contributed by atoms with E-state index in [0.717, 1.165) is 31.2 Å². The predicted octanol–water partition coefficient (Wildman–Crippen LogP) is 4.17. The topological polar surface area (TPSA) is 20.2 Å². The van der Waals surface area contributed by atoms with Crippen LogP contribution < -0.4 is 0 Å². The van der Waals surface area contributed by atoms with Crippen LogP contribution in [0.3, 0.4) is 0 Å². The molecule has 1 N–H and O–H groups in total. The Bertz CT molecular complexity index is 294. The fraction of sp³-hybridized carbons (Fsp3) is 0.600. The van der Waals surface area contributed by atoms with Crippen molar-refractivity contribution < 1.29 is 5.11 Å². The van der Waals surface area contributed by atoms with Crippen molar-refractivity contribution in [3.63, 3.8) is 0 Å². The first kappa shape index (κ1) is 13.2. The summed E-state index contributed by atoms with van der Waals surface area (Å²) in [5.41, 5.74) is 1.82. The summed E-state index contributed by atoms with van der Waals surface area (Å²) in [6.45, 7) is 6.08. The van der Waals surface area contributed by atoms with Gasteiger partial charge in [0.1, 0.15) is 0 Å². The van der Waals surface area contributed by atoms with Gasteiger partial charge in [-0.1, -0.05) is 62.9 Å². The molecule has 0 aromatic heterocycles. The molecule has 1 aromatic carbocycles. The average Bonchev–Trinajstić information content (AvgIpc) is 2.33. The van der Waals surface area contributed by atoms with Gasteiger partial charge in [-0.25, -0.2) is 0 Å². The van der Waals surface area contributed by atoms with E-state index in [0.29, 0.717) is 0 Å². The molecule has 1 aliphatic carbocycles. The Balaban J connectivity index is 0.000000606. The van der Waals surface area contributed by atoms with E-state index in [1.165, 1.54) is 12.0 Å². The smallest absolute Gasteiger partial charge is 0.0896 e. The molecule has 0 bridgehead atoms. The first-order valence-corrected chi connectivity index (χ1v) is 6.50. The zero-order valence-electron chi connectivity index (χ0n) is 10.8. The lowest BCUT2D eigenvalue weighted by Gasteiger charge is -2.32. The largest absolute Gasteiger partial charge is 0.385 e. The highest BCUT2D eigenvalue weighted by Gasteiger charge is 2.30. The van der Waals surface area contributed by atoms with E-state index in [1.807, 2.05) is 13.8 Å². The normalized spacial score (nSPS) is 18.5. The lowest BCUT2D eigenvalue weighted by atomic mass is 9.79. The fourth-order valence-corrected chi connectivity index (χ4v) is 2.29. The number of hydrogen-bond acceptors (Lipinski definition) is 1. The number of aliphatic hydroxyl groups is 1. The summed E-state index contributed by atoms with van der Waals surface area (Å²) < 4.78 is 0. The maximum atomic E-state index is 10.4. The summed E-state index contributed by atoms with van der Waals surface area (Å²) in [6.07, 6.45) is 5.44. The van der Waals surface area contributed by atoms with Gasteiger partial charge in [0.2, 0.25) is 0 Å². The summed E-state index contributed by atoms with van der Waals surface area (Å²) in [5, 5.41) is 10.4. The highest BCUT2D eigenvalue weighted by atomic mass is 16.3. The number of hydrogen-bond donors (Lipinski definition) is 1. The van der Waals surface area contributed by atoms with Gasteiger partial charge in [0, 0.05) is 0 Å². The molecule has 1 heteroatoms. The molecule has 1 saturated carbocycles. The third-order valence-electron chi connectivity index (χ3n) is 3.27. The van der Waals surface area contributed by atoms with Crippen molar-refractivity contribution in [3.05, 3.63) is 35.4 Å². The van der Waals surface area contributed by atoms with Gasteiger partial charge in [0.25, 0.3) is 0 Å². The minimum absolute atomic E-state index is 0.536. The molecule has 1 nitrogen and oxygen atoms in total. The Kier molecular flexibility index (Phi) is 5.01. The van der Waals surface area contributed by atoms with Crippen LogP contribution in [0, 0.1) is 6.92 Å². The van der Waals surface area contributed by atoms with Gasteiger partial charge in [-0.15, -0.1) is 0 Å². The number of rotatable bonds is 1. The molecule has 0 amide bonds. The third kappa shape index (κ3) is 3.08. The second-order valence-corrected chi connectivity index (χ2v) is 4.46. The van der Waals surface area contributed by atoms with Crippen LogP contribution in [0.15, 0.2) is 24.3 Å². The first-order chi connectivity index (χ1) is 7.71. The summed E-state index contributed by atoms with van der Waals surface area (Å²) in [6, 6.07) is 8.31. The Morgan fingerprint density at radius 3 is 1.94 bits per heavy atom. The van der Waals surface area contributed by atoms with Crippen molar-refractivity contribution in [2.24, 2.45) is 0 Å². The Labute approximate surface area is 99.5 Å². The molecule has 1 fully saturated rings. The summed E-state index contributed by atoms with van der Waals surface area (Å²) in [5.74, 6) is 0. The predicted molar refractivity (Wildman–Crippen MR) is 69.5 cm³/mol. The van der Waals surface area contributed by atoms with E-state index in [-0.39, 0.29) is 0 Å². The Morgan fingerprint density at radius 1 is 0.938 bits per heavy atom. The molecule has 0 spiro atoms. The van der Waals surface area contributed by atoms with E-state index in [1.54, 1.807) is 0 Å². The molecular formula is C15H24O. The zero-order valence-corrected chi connectivity index (χ0v) is 10.8. The molecule has 0 aliphatic heterocycles. The van der Waals surface area contributed by atoms with Crippen LogP contribution in [0.1, 0.15) is 57.1 Å². The number of benzene rings is 1. The van der Waals surface area contributed by atoms with Gasteiger partial charge in [-0.3, -0.25) is 0 Å². The van der Waals surface area contributed by atoms with E-state index >= 15 is 0 Å². The van der Waals surface area contributed by atoms with Crippen molar-refractivity contribution in [1.82, 2.24) is 0 Å². The minimum Gasteiger partial charge on any atom is -0.385 e. The van der Waals surface area contributed by atoms with Crippen LogP contribution in [0.5, 0.6) is 0 Å². The summed E-state index contributed by atoms with van der Waals surface area (Å²) >= 11 is 0. The van der Waals surface area contributed by atoms with Gasteiger partial charge in [-0.2, -0.15) is 0 Å². The van der Waals surface area contributed by atoms with Crippen molar-refractivity contribution in [1.29, 1.82) is 0 Å². The molecule has 0 radical (unpaired) electrons. The lowest BCUT2D eigenvalue weighted by Crippen LogP contribution is -2.28. The monoisotopic (exact) mass is 220 g/mol. The second-order valence-electron chi connectivity index (χ2n) is 4.46. The summed E-state index contributed by atoms with van der Waals surface area (Å²) in [4.78, 5) is 0. The van der Waals surface area contributed by atoms with E-state index in [2.05, 4.69) is 31.2 Å². The molecule has 1 aromatic rings. The molecule has 1 aliphatic rings. The van der Waals surface area contributed by atoms with Gasteiger partial charge >= 0.3 is 0 Å². The molecule has 0 unspecified atom stereocenters. The molecule has 0 saturated heterocycles. The lowest BCUT2D eigenvalue weighted by molar-refractivity contribution is -0.000630. The standard InChI is InChI=1S/C13H18O.C2H6/c1-11-5-7-12(8-6-11)13(14)9-3-2-4-10-13;1-2/h5-8,14H,2-4,9-10H2,1H3;1-2H3. The van der Waals surface area contributed by atoms with Crippen LogP contribution in [0.4, 0.5) is 0 Å². The van der Waals surface area contributed by atoms with Crippen LogP contribution in [-0.4, -0.2) is 5.11 Å². The fourth-order valence-electron chi connectivity index (χ4n) is 2.29. The first-order valence-electron chi connectivity index (χ1n) is 6.50. The van der Waals surface area contributed by atoms with Crippen LogP contribution in [0.2, 0.25) is 0 Å². The SMILES string of the molecule is CC.Cc1ccc(C2(O)CCCCC2)cc1. The van der Waals surface area contributed by atoms with Gasteiger partial charge in [-0.05, 0) is 25.3 Å². The number of aryl methyl sites for hydroxylation is 1. The van der Waals surface area contributed by atoms with Crippen molar-refractivity contribution >= 4 is 0 Å². The highest BCUT2D eigenvalue weighted by Crippen LogP contribution is 2.36. The van der Waals surface area contributed by atoms with Gasteiger partial charge < -0.3 is 5.11 Å². The summed E-state index contributed by atoms with van der Waals surface area (Å²) in [7, 11) is 0. The molecular weight excluding hydrogens is 196 g/mol. The highest BCUT2D eigenvalue weighted by molar-refractivity contribution is 5.26. The average molecular weight is 220 g/mol. The maximum absolute atomic E-state index is 10.4. The molecule has 16 heavy (non-hydrogen) atoms. The van der Waals surface area contributed by atoms with E-state index in [4.69, 9.17) is 0 Å². The molecule has 0 heterocycles. The Morgan fingerprint density at radius 2 is 1.44 bits per heavy atom. The zero-order chi connectivity index (χ0) is 12.0. The minimum atomic E-state index is -0.536. The molecule has 90 valence electrons.